The van der Waals surface area contributed by atoms with Crippen LogP contribution in [-0.4, -0.2) is 0 Å². The Labute approximate surface area is 240 Å². The van der Waals surface area contributed by atoms with Gasteiger partial charge in [0.1, 0.15) is 0 Å². The van der Waals surface area contributed by atoms with E-state index in [1.54, 1.807) is 103 Å². The fourth-order valence-electron chi connectivity index (χ4n) is 17.7. The smallest absolute Gasteiger partial charge is 0.0106 e. The molecule has 39 heavy (non-hydrogen) atoms. The van der Waals surface area contributed by atoms with Gasteiger partial charge >= 0.3 is 0 Å². The highest BCUT2D eigenvalue weighted by molar-refractivity contribution is 5.35. The van der Waals surface area contributed by atoms with Crippen molar-refractivity contribution in [1.29, 1.82) is 0 Å². The van der Waals surface area contributed by atoms with E-state index in [1.165, 1.54) is 6.42 Å². The van der Waals surface area contributed by atoms with E-state index in [1.807, 2.05) is 0 Å². The minimum absolute atomic E-state index is 0.734. The van der Waals surface area contributed by atoms with Gasteiger partial charge in [0.25, 0.3) is 0 Å². The topological polar surface area (TPSA) is 0 Å². The van der Waals surface area contributed by atoms with Gasteiger partial charge in [-0.05, 0) is 177 Å². The molecule has 0 nitrogen and oxygen atoms in total. The van der Waals surface area contributed by atoms with Crippen LogP contribution in [-0.2, 0) is 0 Å². The molecule has 0 aliphatic heterocycles. The molecule has 10 rings (SSSR count). The van der Waals surface area contributed by atoms with E-state index in [9.17, 15) is 0 Å². The van der Waals surface area contributed by atoms with Gasteiger partial charge in [-0.15, -0.1) is 0 Å². The SMILES string of the molecule is CCC1C=C2CC3CCC4C5CCCCC5C5C6CCCCC6C6(C2C(C1)C1C2CCCCC2C(C)C16)C3C45. The van der Waals surface area contributed by atoms with Crippen molar-refractivity contribution < 1.29 is 0 Å². The van der Waals surface area contributed by atoms with Gasteiger partial charge in [-0.1, -0.05) is 64.0 Å². The van der Waals surface area contributed by atoms with Crippen LogP contribution < -0.4 is 0 Å². The second-order valence-corrected chi connectivity index (χ2v) is 17.9. The van der Waals surface area contributed by atoms with Gasteiger partial charge in [0, 0.05) is 0 Å². The van der Waals surface area contributed by atoms with E-state index in [4.69, 9.17) is 0 Å². The molecular weight excluding hydrogens is 468 g/mol. The lowest BCUT2D eigenvalue weighted by Gasteiger charge is -2.70. The zero-order valence-corrected chi connectivity index (χ0v) is 25.4. The second-order valence-electron chi connectivity index (χ2n) is 17.9. The Bertz CT molecular complexity index is 1040. The Morgan fingerprint density at radius 3 is 2.10 bits per heavy atom. The van der Waals surface area contributed by atoms with Gasteiger partial charge < -0.3 is 0 Å². The molecule has 1 spiro atoms. The summed E-state index contributed by atoms with van der Waals surface area (Å²) in [5.41, 5.74) is 2.84. The fourth-order valence-corrected chi connectivity index (χ4v) is 17.7. The van der Waals surface area contributed by atoms with Crippen LogP contribution in [0.25, 0.3) is 0 Å². The molecule has 0 heteroatoms. The number of hydrogen-bond acceptors (Lipinski definition) is 0. The zero-order chi connectivity index (χ0) is 25.6. The van der Waals surface area contributed by atoms with Gasteiger partial charge in [-0.25, -0.2) is 0 Å². The lowest BCUT2D eigenvalue weighted by atomic mass is 9.34. The van der Waals surface area contributed by atoms with Gasteiger partial charge in [-0.3, -0.25) is 0 Å². The molecule has 0 bridgehead atoms. The number of allylic oxidation sites excluding steroid dienone is 2. The first-order valence-electron chi connectivity index (χ1n) is 18.9. The summed E-state index contributed by atoms with van der Waals surface area (Å²) in [6.07, 6.45) is 30.1. The summed E-state index contributed by atoms with van der Waals surface area (Å²) in [5, 5.41) is 0. The number of rotatable bonds is 1. The molecule has 18 atom stereocenters. The van der Waals surface area contributed by atoms with Crippen LogP contribution in [0.3, 0.4) is 0 Å². The molecule has 10 aliphatic carbocycles. The highest BCUT2D eigenvalue weighted by Gasteiger charge is 2.79. The third-order valence-electron chi connectivity index (χ3n) is 17.7. The molecule has 9 fully saturated rings. The lowest BCUT2D eigenvalue weighted by Crippen LogP contribution is -2.65. The highest BCUT2D eigenvalue weighted by Crippen LogP contribution is 2.85. The van der Waals surface area contributed by atoms with Crippen molar-refractivity contribution in [3.63, 3.8) is 0 Å². The molecule has 0 amide bonds. The first kappa shape index (κ1) is 24.2. The average molecular weight is 527 g/mol. The standard InChI is InChI=1S/C39H58/c1-3-22-18-24-20-23-16-17-29-26-11-5-7-13-28(26)33-30-14-8-9-15-32(30)39(38(23)35(29)33)36-21(2)25-10-4-6-12-27(25)34(36)31(19-22)37(24)39/h18,21-23,25-38H,3-17,19-20H2,1-2H3. The molecular formula is C39H58. The third kappa shape index (κ3) is 2.78. The molecule has 0 aromatic rings. The first-order chi connectivity index (χ1) is 19.2. The van der Waals surface area contributed by atoms with Crippen LogP contribution >= 0.6 is 0 Å². The van der Waals surface area contributed by atoms with Crippen molar-refractivity contribution in [3.8, 4) is 0 Å². The molecule has 18 unspecified atom stereocenters. The molecule has 0 aromatic heterocycles. The predicted molar refractivity (Wildman–Crippen MR) is 160 cm³/mol. The highest BCUT2D eigenvalue weighted by atomic mass is 14.8. The van der Waals surface area contributed by atoms with Crippen molar-refractivity contribution >= 4 is 0 Å². The lowest BCUT2D eigenvalue weighted by molar-refractivity contribution is -0.208. The largest absolute Gasteiger partial charge is 0.0819 e. The van der Waals surface area contributed by atoms with E-state index in [2.05, 4.69) is 25.5 Å². The number of fused-ring (bicyclic) bond motifs is 9. The van der Waals surface area contributed by atoms with E-state index in [0.717, 1.165) is 106 Å². The Kier molecular flexibility index (Phi) is 5.23. The van der Waals surface area contributed by atoms with E-state index in [0.29, 0.717) is 0 Å². The average Bonchev–Trinajstić information content (AvgIpc) is 3.59. The Balaban J connectivity index is 1.22. The van der Waals surface area contributed by atoms with E-state index in [-0.39, 0.29) is 0 Å². The molecule has 214 valence electrons. The Hall–Kier alpha value is -0.260. The Morgan fingerprint density at radius 1 is 0.641 bits per heavy atom. The van der Waals surface area contributed by atoms with Crippen molar-refractivity contribution in [2.24, 2.45) is 106 Å². The van der Waals surface area contributed by atoms with Crippen LogP contribution in [0.5, 0.6) is 0 Å². The summed E-state index contributed by atoms with van der Waals surface area (Å²) in [6.45, 7) is 5.41. The van der Waals surface area contributed by atoms with Gasteiger partial charge in [0.2, 0.25) is 0 Å². The van der Waals surface area contributed by atoms with Crippen molar-refractivity contribution in [1.82, 2.24) is 0 Å². The molecule has 10 aliphatic rings. The van der Waals surface area contributed by atoms with E-state index < -0.39 is 0 Å². The predicted octanol–water partition coefficient (Wildman–Crippen LogP) is 10.2. The fraction of sp³-hybridized carbons (Fsp3) is 0.949. The van der Waals surface area contributed by atoms with Gasteiger partial charge in [0.05, 0.1) is 0 Å². The Morgan fingerprint density at radius 2 is 1.31 bits per heavy atom. The molecule has 9 saturated carbocycles. The third-order valence-corrected chi connectivity index (χ3v) is 17.7. The van der Waals surface area contributed by atoms with Crippen LogP contribution in [0.1, 0.15) is 123 Å². The maximum atomic E-state index is 2.99. The van der Waals surface area contributed by atoms with Crippen LogP contribution in [0.15, 0.2) is 11.6 Å². The van der Waals surface area contributed by atoms with Gasteiger partial charge in [-0.2, -0.15) is 0 Å². The summed E-state index contributed by atoms with van der Waals surface area (Å²) in [7, 11) is 0. The van der Waals surface area contributed by atoms with Gasteiger partial charge in [0.15, 0.2) is 0 Å². The van der Waals surface area contributed by atoms with Crippen LogP contribution in [0.2, 0.25) is 0 Å². The van der Waals surface area contributed by atoms with Crippen molar-refractivity contribution in [2.45, 2.75) is 123 Å². The van der Waals surface area contributed by atoms with E-state index >= 15 is 0 Å². The number of hydrogen-bond donors (Lipinski definition) is 0. The minimum Gasteiger partial charge on any atom is -0.0819 e. The summed E-state index contributed by atoms with van der Waals surface area (Å²) < 4.78 is 0. The summed E-state index contributed by atoms with van der Waals surface area (Å²) in [5.74, 6) is 18.8. The maximum Gasteiger partial charge on any atom is -0.0106 e. The molecule has 0 saturated heterocycles. The molecule has 0 N–H and O–H groups in total. The summed E-state index contributed by atoms with van der Waals surface area (Å²) >= 11 is 0. The summed E-state index contributed by atoms with van der Waals surface area (Å²) in [6, 6.07) is 0. The molecule has 0 radical (unpaired) electrons. The van der Waals surface area contributed by atoms with Crippen molar-refractivity contribution in [2.75, 3.05) is 0 Å². The minimum atomic E-state index is 0.734. The monoisotopic (exact) mass is 526 g/mol. The maximum absolute atomic E-state index is 2.99. The first-order valence-corrected chi connectivity index (χ1v) is 18.9. The van der Waals surface area contributed by atoms with Crippen LogP contribution in [0.4, 0.5) is 0 Å². The molecule has 0 aromatic carbocycles. The van der Waals surface area contributed by atoms with Crippen molar-refractivity contribution in [3.05, 3.63) is 11.6 Å². The summed E-state index contributed by atoms with van der Waals surface area (Å²) in [4.78, 5) is 0. The second kappa shape index (κ2) is 8.43. The quantitative estimate of drug-likeness (QED) is 0.298. The normalized spacial score (nSPS) is 63.6. The zero-order valence-electron chi connectivity index (χ0n) is 25.4. The molecule has 0 heterocycles. The van der Waals surface area contributed by atoms with Crippen LogP contribution in [0, 0.1) is 106 Å².